The highest BCUT2D eigenvalue weighted by Gasteiger charge is 2.06. The van der Waals surface area contributed by atoms with Gasteiger partial charge in [-0.2, -0.15) is 10.5 Å². The van der Waals surface area contributed by atoms with Crippen molar-refractivity contribution in [3.8, 4) is 29.4 Å². The molecule has 5 heteroatoms. The van der Waals surface area contributed by atoms with Crippen LogP contribution in [-0.4, -0.2) is 7.11 Å². The fourth-order valence-electron chi connectivity index (χ4n) is 1.64. The molecule has 2 rings (SSSR count). The molecule has 0 N–H and O–H groups in total. The zero-order valence-corrected chi connectivity index (χ0v) is 10.6. The van der Waals surface area contributed by atoms with Crippen LogP contribution < -0.4 is 9.47 Å². The zero-order valence-electron chi connectivity index (χ0n) is 10.6. The highest BCUT2D eigenvalue weighted by molar-refractivity contribution is 5.46. The summed E-state index contributed by atoms with van der Waals surface area (Å²) in [7, 11) is 1.47. The minimum absolute atomic E-state index is 0.156. The van der Waals surface area contributed by atoms with Gasteiger partial charge < -0.3 is 9.47 Å². The lowest BCUT2D eigenvalue weighted by atomic mass is 10.2. The second-order valence-electron chi connectivity index (χ2n) is 3.90. The molecule has 98 valence electrons. The van der Waals surface area contributed by atoms with Crippen LogP contribution in [-0.2, 0) is 0 Å². The van der Waals surface area contributed by atoms with E-state index in [-0.39, 0.29) is 11.3 Å². The summed E-state index contributed by atoms with van der Waals surface area (Å²) in [6, 6.07) is 12.1. The van der Waals surface area contributed by atoms with E-state index in [1.165, 1.54) is 19.2 Å². The van der Waals surface area contributed by atoms with Gasteiger partial charge in [-0.15, -0.1) is 0 Å². The molecule has 0 atom stereocenters. The highest BCUT2D eigenvalue weighted by Crippen LogP contribution is 2.28. The van der Waals surface area contributed by atoms with Gasteiger partial charge in [-0.3, -0.25) is 0 Å². The number of nitriles is 2. The largest absolute Gasteiger partial charge is 0.497 e. The fourth-order valence-corrected chi connectivity index (χ4v) is 1.64. The average molecular weight is 268 g/mol. The Morgan fingerprint density at radius 1 is 0.850 bits per heavy atom. The fraction of sp³-hybridized carbons (Fsp3) is 0.0667. The van der Waals surface area contributed by atoms with Gasteiger partial charge in [-0.1, -0.05) is 0 Å². The number of halogens is 1. The van der Waals surface area contributed by atoms with Crippen molar-refractivity contribution in [2.45, 2.75) is 0 Å². The Morgan fingerprint density at radius 2 is 1.40 bits per heavy atom. The summed E-state index contributed by atoms with van der Waals surface area (Å²) in [5.74, 6) is 0.396. The van der Waals surface area contributed by atoms with E-state index < -0.39 is 5.82 Å². The van der Waals surface area contributed by atoms with Gasteiger partial charge in [0.05, 0.1) is 30.4 Å². The molecule has 0 saturated carbocycles. The lowest BCUT2D eigenvalue weighted by molar-refractivity contribution is 0.408. The van der Waals surface area contributed by atoms with Gasteiger partial charge in [-0.25, -0.2) is 4.39 Å². The van der Waals surface area contributed by atoms with E-state index >= 15 is 0 Å². The Labute approximate surface area is 115 Å². The molecule has 2 aromatic carbocycles. The maximum atomic E-state index is 13.3. The molecule has 0 spiro atoms. The Kier molecular flexibility index (Phi) is 3.83. The second-order valence-corrected chi connectivity index (χ2v) is 3.90. The van der Waals surface area contributed by atoms with Crippen molar-refractivity contribution in [2.24, 2.45) is 0 Å². The molecule has 0 aliphatic rings. The van der Waals surface area contributed by atoms with E-state index in [2.05, 4.69) is 0 Å². The molecular formula is C15H9FN2O2. The van der Waals surface area contributed by atoms with E-state index in [1.54, 1.807) is 12.1 Å². The SMILES string of the molecule is COc1cc(C#N)cc(Oc2cc(F)cc(C#N)c2)c1. The Balaban J connectivity index is 2.37. The van der Waals surface area contributed by atoms with Gasteiger partial charge in [0.2, 0.25) is 0 Å². The number of hydrogen-bond acceptors (Lipinski definition) is 4. The van der Waals surface area contributed by atoms with Crippen LogP contribution in [0.2, 0.25) is 0 Å². The van der Waals surface area contributed by atoms with E-state index in [0.717, 1.165) is 12.1 Å². The second kappa shape index (κ2) is 5.73. The molecule has 0 aromatic heterocycles. The molecule has 0 fully saturated rings. The van der Waals surface area contributed by atoms with Crippen LogP contribution in [0.15, 0.2) is 36.4 Å². The summed E-state index contributed by atoms with van der Waals surface area (Å²) < 4.78 is 23.8. The minimum Gasteiger partial charge on any atom is -0.497 e. The molecule has 0 aliphatic carbocycles. The highest BCUT2D eigenvalue weighted by atomic mass is 19.1. The van der Waals surface area contributed by atoms with Crippen LogP contribution >= 0.6 is 0 Å². The first-order valence-corrected chi connectivity index (χ1v) is 5.62. The lowest BCUT2D eigenvalue weighted by Crippen LogP contribution is -1.90. The molecule has 4 nitrogen and oxygen atoms in total. The summed E-state index contributed by atoms with van der Waals surface area (Å²) in [5, 5.41) is 17.7. The predicted octanol–water partition coefficient (Wildman–Crippen LogP) is 3.37. The molecule has 2 aromatic rings. The summed E-state index contributed by atoms with van der Waals surface area (Å²) in [4.78, 5) is 0. The summed E-state index contributed by atoms with van der Waals surface area (Å²) in [5.41, 5.74) is 0.514. The molecule has 20 heavy (non-hydrogen) atoms. The monoisotopic (exact) mass is 268 g/mol. The smallest absolute Gasteiger partial charge is 0.132 e. The number of rotatable bonds is 3. The molecular weight excluding hydrogens is 259 g/mol. The molecule has 0 unspecified atom stereocenters. The van der Waals surface area contributed by atoms with Gasteiger partial charge in [0, 0.05) is 12.1 Å². The van der Waals surface area contributed by atoms with E-state index in [9.17, 15) is 4.39 Å². The quantitative estimate of drug-likeness (QED) is 0.855. The van der Waals surface area contributed by atoms with E-state index in [4.69, 9.17) is 20.0 Å². The van der Waals surface area contributed by atoms with E-state index in [1.807, 2.05) is 12.1 Å². The third-order valence-corrected chi connectivity index (χ3v) is 2.48. The molecule has 0 aliphatic heterocycles. The van der Waals surface area contributed by atoms with Gasteiger partial charge in [0.15, 0.2) is 0 Å². The average Bonchev–Trinajstić information content (AvgIpc) is 2.46. The summed E-state index contributed by atoms with van der Waals surface area (Å²) in [6.07, 6.45) is 0. The summed E-state index contributed by atoms with van der Waals surface area (Å²) in [6.45, 7) is 0. The van der Waals surface area contributed by atoms with Gasteiger partial charge in [-0.05, 0) is 24.3 Å². The number of hydrogen-bond donors (Lipinski definition) is 0. The Bertz CT molecular complexity index is 730. The van der Waals surface area contributed by atoms with Gasteiger partial charge in [0.1, 0.15) is 23.1 Å². The van der Waals surface area contributed by atoms with Crippen LogP contribution in [0, 0.1) is 28.5 Å². The predicted molar refractivity (Wildman–Crippen MR) is 68.9 cm³/mol. The molecule has 0 saturated heterocycles. The van der Waals surface area contributed by atoms with Crippen LogP contribution in [0.25, 0.3) is 0 Å². The normalized spacial score (nSPS) is 9.40. The zero-order chi connectivity index (χ0) is 14.5. The lowest BCUT2D eigenvalue weighted by Gasteiger charge is -2.08. The van der Waals surface area contributed by atoms with Crippen molar-refractivity contribution in [3.63, 3.8) is 0 Å². The van der Waals surface area contributed by atoms with Gasteiger partial charge >= 0.3 is 0 Å². The van der Waals surface area contributed by atoms with Crippen molar-refractivity contribution < 1.29 is 13.9 Å². The number of nitrogens with zero attached hydrogens (tertiary/aromatic N) is 2. The number of benzene rings is 2. The minimum atomic E-state index is -0.567. The first kappa shape index (κ1) is 13.4. The van der Waals surface area contributed by atoms with Crippen molar-refractivity contribution in [2.75, 3.05) is 7.11 Å². The van der Waals surface area contributed by atoms with Crippen molar-refractivity contribution in [1.82, 2.24) is 0 Å². The van der Waals surface area contributed by atoms with Crippen molar-refractivity contribution in [3.05, 3.63) is 53.3 Å². The molecule has 0 heterocycles. The van der Waals surface area contributed by atoms with Crippen LogP contribution in [0.5, 0.6) is 17.2 Å². The maximum absolute atomic E-state index is 13.3. The van der Waals surface area contributed by atoms with Crippen LogP contribution in [0.3, 0.4) is 0 Å². The van der Waals surface area contributed by atoms with Crippen molar-refractivity contribution >= 4 is 0 Å². The summed E-state index contributed by atoms with van der Waals surface area (Å²) >= 11 is 0. The number of ether oxygens (including phenoxy) is 2. The molecule has 0 bridgehead atoms. The third-order valence-electron chi connectivity index (χ3n) is 2.48. The van der Waals surface area contributed by atoms with Crippen LogP contribution in [0.1, 0.15) is 11.1 Å². The first-order chi connectivity index (χ1) is 9.64. The maximum Gasteiger partial charge on any atom is 0.132 e. The standard InChI is InChI=1S/C15H9FN2O2/c1-19-13-3-11(9-18)5-15(7-13)20-14-4-10(8-17)2-12(16)6-14/h2-7H,1H3. The topological polar surface area (TPSA) is 66.0 Å². The van der Waals surface area contributed by atoms with Crippen LogP contribution in [0.4, 0.5) is 4.39 Å². The first-order valence-electron chi connectivity index (χ1n) is 5.62. The van der Waals surface area contributed by atoms with Crippen molar-refractivity contribution in [1.29, 1.82) is 10.5 Å². The molecule has 0 radical (unpaired) electrons. The Morgan fingerprint density at radius 3 is 2.00 bits per heavy atom. The number of methoxy groups -OCH3 is 1. The third kappa shape index (κ3) is 3.04. The molecule has 0 amide bonds. The Hall–Kier alpha value is -3.05. The van der Waals surface area contributed by atoms with Gasteiger partial charge in [0.25, 0.3) is 0 Å². The van der Waals surface area contributed by atoms with E-state index in [0.29, 0.717) is 17.1 Å².